The predicted octanol–water partition coefficient (Wildman–Crippen LogP) is 5.18. The Balaban J connectivity index is 2.39. The molecule has 0 atom stereocenters. The highest BCUT2D eigenvalue weighted by atomic mass is 79.9. The van der Waals surface area contributed by atoms with Crippen LogP contribution in [0, 0.1) is 9.41 Å². The summed E-state index contributed by atoms with van der Waals surface area (Å²) in [4.78, 5) is 3.21. The summed E-state index contributed by atoms with van der Waals surface area (Å²) in [5.41, 5.74) is 1.92. The van der Waals surface area contributed by atoms with Gasteiger partial charge in [-0.25, -0.2) is 0 Å². The molecule has 94 valence electrons. The topological polar surface area (TPSA) is 20.7 Å². The van der Waals surface area contributed by atoms with Crippen molar-refractivity contribution in [2.75, 3.05) is 0 Å². The molecule has 0 aliphatic heterocycles. The number of hydrogen-bond donors (Lipinski definition) is 1. The van der Waals surface area contributed by atoms with Gasteiger partial charge in [0.15, 0.2) is 4.77 Å². The average molecular weight is 349 g/mol. The van der Waals surface area contributed by atoms with Crippen LogP contribution in [-0.2, 0) is 0 Å². The van der Waals surface area contributed by atoms with Gasteiger partial charge in [0.05, 0.1) is 5.52 Å². The fourth-order valence-electron chi connectivity index (χ4n) is 1.99. The average Bonchev–Trinajstić information content (AvgIpc) is 2.41. The van der Waals surface area contributed by atoms with E-state index >= 15 is 0 Å². The minimum Gasteiger partial charge on any atom is -0.331 e. The lowest BCUT2D eigenvalue weighted by Gasteiger charge is -2.09. The van der Waals surface area contributed by atoms with Gasteiger partial charge < -0.3 is 4.98 Å². The molecule has 1 heterocycles. The van der Waals surface area contributed by atoms with Crippen molar-refractivity contribution in [2.45, 2.75) is 0 Å². The first-order valence-corrected chi connectivity index (χ1v) is 7.28. The van der Waals surface area contributed by atoms with Gasteiger partial charge in [0.2, 0.25) is 0 Å². The van der Waals surface area contributed by atoms with Crippen molar-refractivity contribution in [1.29, 1.82) is 0 Å². The Bertz CT molecular complexity index is 863. The van der Waals surface area contributed by atoms with Crippen LogP contribution < -0.4 is 0 Å². The SMILES string of the molecule is S=c1[nH]c2ccccc2c(=S)n1-c1ccc(Br)cc1. The van der Waals surface area contributed by atoms with E-state index < -0.39 is 0 Å². The maximum atomic E-state index is 5.56. The molecule has 2 aromatic carbocycles. The van der Waals surface area contributed by atoms with Gasteiger partial charge in [0.25, 0.3) is 0 Å². The summed E-state index contributed by atoms with van der Waals surface area (Å²) < 4.78 is 4.23. The summed E-state index contributed by atoms with van der Waals surface area (Å²) in [5, 5.41) is 0.994. The van der Waals surface area contributed by atoms with Gasteiger partial charge in [0, 0.05) is 15.5 Å². The minimum absolute atomic E-state index is 0.603. The summed E-state index contributed by atoms with van der Waals surface area (Å²) in [5.74, 6) is 0. The van der Waals surface area contributed by atoms with Gasteiger partial charge in [-0.3, -0.25) is 4.57 Å². The summed E-state index contributed by atoms with van der Waals surface area (Å²) in [6.45, 7) is 0. The van der Waals surface area contributed by atoms with Gasteiger partial charge in [0.1, 0.15) is 4.64 Å². The van der Waals surface area contributed by atoms with E-state index in [0.717, 1.165) is 25.7 Å². The Morgan fingerprint density at radius 2 is 1.63 bits per heavy atom. The fourth-order valence-corrected chi connectivity index (χ4v) is 2.99. The molecular formula is C14H9BrN2S2. The molecule has 0 unspecified atom stereocenters. The van der Waals surface area contributed by atoms with E-state index in [1.165, 1.54) is 0 Å². The van der Waals surface area contributed by atoms with Crippen molar-refractivity contribution in [3.8, 4) is 5.69 Å². The first-order chi connectivity index (χ1) is 9.16. The Labute approximate surface area is 128 Å². The van der Waals surface area contributed by atoms with Crippen LogP contribution in [0.25, 0.3) is 16.6 Å². The van der Waals surface area contributed by atoms with Gasteiger partial charge in [-0.05, 0) is 48.6 Å². The molecule has 0 fully saturated rings. The summed E-state index contributed by atoms with van der Waals surface area (Å²) in [7, 11) is 0. The molecule has 0 saturated carbocycles. The molecule has 0 saturated heterocycles. The Morgan fingerprint density at radius 3 is 2.37 bits per heavy atom. The van der Waals surface area contributed by atoms with E-state index in [1.807, 2.05) is 53.1 Å². The van der Waals surface area contributed by atoms with Crippen molar-refractivity contribution < 1.29 is 0 Å². The number of para-hydroxylation sites is 1. The third-order valence-corrected chi connectivity index (χ3v) is 4.11. The van der Waals surface area contributed by atoms with Crippen molar-refractivity contribution in [2.24, 2.45) is 0 Å². The van der Waals surface area contributed by atoms with Crippen LogP contribution in [0.4, 0.5) is 0 Å². The molecule has 2 nitrogen and oxygen atoms in total. The normalized spacial score (nSPS) is 10.8. The molecule has 0 amide bonds. The molecule has 19 heavy (non-hydrogen) atoms. The first-order valence-electron chi connectivity index (χ1n) is 5.67. The fraction of sp³-hybridized carbons (Fsp3) is 0. The largest absolute Gasteiger partial charge is 0.331 e. The Morgan fingerprint density at radius 1 is 0.947 bits per heavy atom. The number of hydrogen-bond acceptors (Lipinski definition) is 2. The number of benzene rings is 2. The number of fused-ring (bicyclic) bond motifs is 1. The lowest BCUT2D eigenvalue weighted by atomic mass is 10.2. The summed E-state index contributed by atoms with van der Waals surface area (Å²) in [6.07, 6.45) is 0. The number of halogens is 1. The number of rotatable bonds is 1. The third-order valence-electron chi connectivity index (χ3n) is 2.89. The number of H-pyrrole nitrogens is 1. The standard InChI is InChI=1S/C14H9BrN2S2/c15-9-5-7-10(8-6-9)17-13(18)11-3-1-2-4-12(11)16-14(17)19/h1-8H,(H,16,19). The maximum Gasteiger partial charge on any atom is 0.183 e. The second-order valence-corrected chi connectivity index (χ2v) is 5.78. The lowest BCUT2D eigenvalue weighted by Crippen LogP contribution is -2.01. The molecule has 3 rings (SSSR count). The van der Waals surface area contributed by atoms with E-state index in [9.17, 15) is 0 Å². The molecule has 0 radical (unpaired) electrons. The molecule has 3 aromatic rings. The van der Waals surface area contributed by atoms with Gasteiger partial charge in [-0.1, -0.05) is 40.3 Å². The maximum absolute atomic E-state index is 5.56. The highest BCUT2D eigenvalue weighted by Gasteiger charge is 2.04. The zero-order chi connectivity index (χ0) is 13.4. The third kappa shape index (κ3) is 2.29. The molecule has 0 aliphatic carbocycles. The zero-order valence-corrected chi connectivity index (χ0v) is 13.0. The molecule has 0 spiro atoms. The van der Waals surface area contributed by atoms with Crippen LogP contribution in [0.15, 0.2) is 53.0 Å². The zero-order valence-electron chi connectivity index (χ0n) is 9.76. The summed E-state index contributed by atoms with van der Waals surface area (Å²) >= 11 is 14.4. The van der Waals surface area contributed by atoms with Crippen molar-refractivity contribution in [3.63, 3.8) is 0 Å². The van der Waals surface area contributed by atoms with Crippen molar-refractivity contribution >= 4 is 51.3 Å². The predicted molar refractivity (Wildman–Crippen MR) is 87.0 cm³/mol. The summed E-state index contributed by atoms with van der Waals surface area (Å²) in [6, 6.07) is 15.8. The van der Waals surface area contributed by atoms with Crippen LogP contribution in [0.3, 0.4) is 0 Å². The van der Waals surface area contributed by atoms with Crippen LogP contribution >= 0.6 is 40.4 Å². The smallest absolute Gasteiger partial charge is 0.183 e. The van der Waals surface area contributed by atoms with E-state index in [0.29, 0.717) is 4.77 Å². The number of aromatic nitrogens is 2. The highest BCUT2D eigenvalue weighted by Crippen LogP contribution is 2.19. The number of nitrogens with one attached hydrogen (secondary N) is 1. The van der Waals surface area contributed by atoms with E-state index in [4.69, 9.17) is 24.4 Å². The lowest BCUT2D eigenvalue weighted by molar-refractivity contribution is 0.966. The van der Waals surface area contributed by atoms with Crippen molar-refractivity contribution in [3.05, 3.63) is 62.4 Å². The second-order valence-electron chi connectivity index (χ2n) is 4.09. The first kappa shape index (κ1) is 12.7. The van der Waals surface area contributed by atoms with E-state index in [-0.39, 0.29) is 0 Å². The molecule has 0 bridgehead atoms. The van der Waals surface area contributed by atoms with Gasteiger partial charge in [-0.2, -0.15) is 0 Å². The van der Waals surface area contributed by atoms with E-state index in [2.05, 4.69) is 20.9 Å². The van der Waals surface area contributed by atoms with Gasteiger partial charge in [-0.15, -0.1) is 0 Å². The Hall–Kier alpha value is -1.30. The van der Waals surface area contributed by atoms with Crippen molar-refractivity contribution in [1.82, 2.24) is 9.55 Å². The molecule has 0 aliphatic rings. The molecule has 1 N–H and O–H groups in total. The second kappa shape index (κ2) is 5.00. The highest BCUT2D eigenvalue weighted by molar-refractivity contribution is 9.10. The van der Waals surface area contributed by atoms with Crippen LogP contribution in [-0.4, -0.2) is 9.55 Å². The molecular weight excluding hydrogens is 340 g/mol. The van der Waals surface area contributed by atoms with Crippen LogP contribution in [0.5, 0.6) is 0 Å². The minimum atomic E-state index is 0.603. The number of nitrogens with zero attached hydrogens (tertiary/aromatic N) is 1. The molecule has 5 heteroatoms. The van der Waals surface area contributed by atoms with E-state index in [1.54, 1.807) is 0 Å². The van der Waals surface area contributed by atoms with Gasteiger partial charge >= 0.3 is 0 Å². The van der Waals surface area contributed by atoms with Crippen LogP contribution in [0.2, 0.25) is 0 Å². The quantitative estimate of drug-likeness (QED) is 0.611. The Kier molecular flexibility index (Phi) is 3.35. The molecule has 1 aromatic heterocycles. The number of aromatic amines is 1. The monoisotopic (exact) mass is 348 g/mol. The van der Waals surface area contributed by atoms with Crippen LogP contribution in [0.1, 0.15) is 0 Å².